The normalized spacial score (nSPS) is 10.6. The van der Waals surface area contributed by atoms with Crippen molar-refractivity contribution < 1.29 is 9.53 Å². The van der Waals surface area contributed by atoms with E-state index in [2.05, 4.69) is 20.5 Å². The summed E-state index contributed by atoms with van der Waals surface area (Å²) in [4.78, 5) is 16.4. The molecule has 3 N–H and O–H groups in total. The molecule has 0 aliphatic heterocycles. The number of hydrogen-bond acceptors (Lipinski definition) is 9. The van der Waals surface area contributed by atoms with Crippen molar-refractivity contribution in [2.45, 2.75) is 11.3 Å². The Morgan fingerprint density at radius 1 is 1.32 bits per heavy atom. The number of nitrogens with two attached hydrogens (primary N) is 1. The van der Waals surface area contributed by atoms with Gasteiger partial charge in [0.2, 0.25) is 11.0 Å². The molecule has 0 aliphatic rings. The van der Waals surface area contributed by atoms with E-state index in [0.29, 0.717) is 21.2 Å². The molecular formula is C15H15N5O2S3. The van der Waals surface area contributed by atoms with Gasteiger partial charge < -0.3 is 15.8 Å². The van der Waals surface area contributed by atoms with Crippen LogP contribution < -0.4 is 15.8 Å². The van der Waals surface area contributed by atoms with Crippen molar-refractivity contribution in [1.82, 2.24) is 15.2 Å². The highest BCUT2D eigenvalue weighted by molar-refractivity contribution is 8.01. The van der Waals surface area contributed by atoms with Crippen LogP contribution in [0.1, 0.15) is 6.92 Å². The summed E-state index contributed by atoms with van der Waals surface area (Å²) >= 11 is 3.94. The first-order valence-corrected chi connectivity index (χ1v) is 10.0. The van der Waals surface area contributed by atoms with Crippen LogP contribution in [-0.2, 0) is 4.79 Å². The first kappa shape index (κ1) is 17.6. The molecule has 25 heavy (non-hydrogen) atoms. The monoisotopic (exact) mass is 393 g/mol. The Labute approximate surface area is 156 Å². The van der Waals surface area contributed by atoms with Gasteiger partial charge in [-0.15, -0.1) is 21.5 Å². The van der Waals surface area contributed by atoms with Crippen molar-refractivity contribution in [3.63, 3.8) is 0 Å². The fraction of sp³-hybridized carbons (Fsp3) is 0.200. The number of nitrogens with one attached hydrogen (secondary N) is 1. The van der Waals surface area contributed by atoms with E-state index in [0.717, 1.165) is 17.0 Å². The van der Waals surface area contributed by atoms with E-state index in [4.69, 9.17) is 10.5 Å². The molecule has 130 valence electrons. The van der Waals surface area contributed by atoms with Crippen molar-refractivity contribution in [1.29, 1.82) is 0 Å². The highest BCUT2D eigenvalue weighted by Gasteiger charge is 2.10. The van der Waals surface area contributed by atoms with Gasteiger partial charge in [0.15, 0.2) is 9.47 Å². The SMILES string of the molecule is CCOc1ccc(-c2csc(NC(=O)CSc3nnc(N)s3)n2)cc1. The molecule has 10 heteroatoms. The molecule has 0 bridgehead atoms. The number of carbonyl (C=O) groups excluding carboxylic acids is 1. The second-order valence-electron chi connectivity index (χ2n) is 4.74. The number of rotatable bonds is 7. The van der Waals surface area contributed by atoms with Crippen molar-refractivity contribution >= 4 is 50.6 Å². The summed E-state index contributed by atoms with van der Waals surface area (Å²) in [5.41, 5.74) is 7.29. The maximum Gasteiger partial charge on any atom is 0.236 e. The molecule has 0 saturated heterocycles. The van der Waals surface area contributed by atoms with E-state index in [9.17, 15) is 4.79 Å². The lowest BCUT2D eigenvalue weighted by atomic mass is 10.2. The summed E-state index contributed by atoms with van der Waals surface area (Å²) in [6.45, 7) is 2.58. The third-order valence-electron chi connectivity index (χ3n) is 2.96. The quantitative estimate of drug-likeness (QED) is 0.593. The lowest BCUT2D eigenvalue weighted by molar-refractivity contribution is -0.113. The number of nitrogens with zero attached hydrogens (tertiary/aromatic N) is 3. The Balaban J connectivity index is 1.56. The first-order chi connectivity index (χ1) is 12.1. The van der Waals surface area contributed by atoms with Gasteiger partial charge in [0.25, 0.3) is 0 Å². The van der Waals surface area contributed by atoms with Crippen LogP contribution in [0.5, 0.6) is 5.75 Å². The molecule has 1 amide bonds. The summed E-state index contributed by atoms with van der Waals surface area (Å²) in [6, 6.07) is 7.70. The van der Waals surface area contributed by atoms with E-state index >= 15 is 0 Å². The zero-order valence-corrected chi connectivity index (χ0v) is 15.7. The molecule has 2 heterocycles. The molecule has 0 fully saturated rings. The number of ether oxygens (including phenoxy) is 1. The number of anilines is 2. The van der Waals surface area contributed by atoms with Crippen LogP contribution in [0.4, 0.5) is 10.3 Å². The Morgan fingerprint density at radius 3 is 2.80 bits per heavy atom. The molecule has 0 saturated carbocycles. The molecule has 3 rings (SSSR count). The third kappa shape index (κ3) is 4.91. The molecule has 3 aromatic rings. The molecule has 7 nitrogen and oxygen atoms in total. The van der Waals surface area contributed by atoms with E-state index < -0.39 is 0 Å². The fourth-order valence-corrected chi connectivity index (χ4v) is 4.09. The predicted molar refractivity (Wildman–Crippen MR) is 102 cm³/mol. The van der Waals surface area contributed by atoms with Gasteiger partial charge >= 0.3 is 0 Å². The van der Waals surface area contributed by atoms with Crippen LogP contribution >= 0.6 is 34.4 Å². The van der Waals surface area contributed by atoms with Crippen LogP contribution in [0.2, 0.25) is 0 Å². The molecule has 1 aromatic carbocycles. The van der Waals surface area contributed by atoms with Gasteiger partial charge in [-0.3, -0.25) is 4.79 Å². The van der Waals surface area contributed by atoms with E-state index in [1.807, 2.05) is 36.6 Å². The first-order valence-electron chi connectivity index (χ1n) is 7.34. The summed E-state index contributed by atoms with van der Waals surface area (Å²) in [5.74, 6) is 0.905. The Morgan fingerprint density at radius 2 is 2.12 bits per heavy atom. The van der Waals surface area contributed by atoms with Crippen molar-refractivity contribution in [3.05, 3.63) is 29.6 Å². The van der Waals surface area contributed by atoms with Crippen molar-refractivity contribution in [3.8, 4) is 17.0 Å². The van der Waals surface area contributed by atoms with E-state index in [1.54, 1.807) is 0 Å². The average molecular weight is 394 g/mol. The zero-order chi connectivity index (χ0) is 17.6. The van der Waals surface area contributed by atoms with Gasteiger partial charge in [0.05, 0.1) is 18.1 Å². The van der Waals surface area contributed by atoms with Crippen LogP contribution in [0.25, 0.3) is 11.3 Å². The number of aromatic nitrogens is 3. The highest BCUT2D eigenvalue weighted by Crippen LogP contribution is 2.27. The lowest BCUT2D eigenvalue weighted by Gasteiger charge is -2.03. The minimum atomic E-state index is -0.147. The summed E-state index contributed by atoms with van der Waals surface area (Å²) < 4.78 is 6.09. The standard InChI is InChI=1S/C15H15N5O2S3/c1-2-22-10-5-3-9(4-6-10)11-7-23-14(17-11)18-12(21)8-24-15-20-19-13(16)25-15/h3-7H,2,8H2,1H3,(H2,16,19)(H,17,18,21). The van der Waals surface area contributed by atoms with Gasteiger partial charge in [-0.05, 0) is 31.2 Å². The molecule has 2 aromatic heterocycles. The fourth-order valence-electron chi connectivity index (χ4n) is 1.91. The second-order valence-corrected chi connectivity index (χ2v) is 7.83. The number of thiazole rings is 1. The Kier molecular flexibility index (Phi) is 5.84. The molecule has 0 spiro atoms. The summed E-state index contributed by atoms with van der Waals surface area (Å²) in [6.07, 6.45) is 0. The van der Waals surface area contributed by atoms with Gasteiger partial charge in [0, 0.05) is 10.9 Å². The zero-order valence-electron chi connectivity index (χ0n) is 13.3. The van der Waals surface area contributed by atoms with Crippen LogP contribution in [-0.4, -0.2) is 33.4 Å². The van der Waals surface area contributed by atoms with Crippen molar-refractivity contribution in [2.24, 2.45) is 0 Å². The number of benzene rings is 1. The Hall–Kier alpha value is -2.17. The number of carbonyl (C=O) groups is 1. The maximum atomic E-state index is 12.0. The minimum Gasteiger partial charge on any atom is -0.494 e. The molecule has 0 atom stereocenters. The summed E-state index contributed by atoms with van der Waals surface area (Å²) in [5, 5.41) is 13.2. The van der Waals surface area contributed by atoms with Gasteiger partial charge in [0.1, 0.15) is 5.75 Å². The molecule has 0 radical (unpaired) electrons. The Bertz CT molecular complexity index is 847. The van der Waals surface area contributed by atoms with Gasteiger partial charge in [-0.1, -0.05) is 23.1 Å². The minimum absolute atomic E-state index is 0.147. The van der Waals surface area contributed by atoms with E-state index in [1.165, 1.54) is 34.4 Å². The second kappa shape index (κ2) is 8.28. The number of amides is 1. The molecular weight excluding hydrogens is 378 g/mol. The molecule has 0 unspecified atom stereocenters. The van der Waals surface area contributed by atoms with E-state index in [-0.39, 0.29) is 11.7 Å². The summed E-state index contributed by atoms with van der Waals surface area (Å²) in [7, 11) is 0. The number of nitrogen functional groups attached to an aromatic ring is 1. The largest absolute Gasteiger partial charge is 0.494 e. The third-order valence-corrected chi connectivity index (χ3v) is 5.60. The van der Waals surface area contributed by atoms with Gasteiger partial charge in [-0.25, -0.2) is 4.98 Å². The average Bonchev–Trinajstić information content (AvgIpc) is 3.23. The van der Waals surface area contributed by atoms with Crippen LogP contribution in [0, 0.1) is 0 Å². The van der Waals surface area contributed by atoms with Gasteiger partial charge in [-0.2, -0.15) is 0 Å². The number of hydrogen-bond donors (Lipinski definition) is 2. The molecule has 0 aliphatic carbocycles. The highest BCUT2D eigenvalue weighted by atomic mass is 32.2. The topological polar surface area (TPSA) is 103 Å². The predicted octanol–water partition coefficient (Wildman–Crippen LogP) is 3.37. The lowest BCUT2D eigenvalue weighted by Crippen LogP contribution is -2.13. The maximum absolute atomic E-state index is 12.0. The number of thioether (sulfide) groups is 1. The van der Waals surface area contributed by atoms with Crippen LogP contribution in [0.15, 0.2) is 34.0 Å². The van der Waals surface area contributed by atoms with Crippen molar-refractivity contribution in [2.75, 3.05) is 23.4 Å². The van der Waals surface area contributed by atoms with Crippen LogP contribution in [0.3, 0.4) is 0 Å². The smallest absolute Gasteiger partial charge is 0.236 e.